The van der Waals surface area contributed by atoms with Crippen LogP contribution in [0.4, 0.5) is 4.79 Å². The van der Waals surface area contributed by atoms with Crippen LogP contribution in [0.2, 0.25) is 5.02 Å². The van der Waals surface area contributed by atoms with E-state index in [2.05, 4.69) is 76.2 Å². The first kappa shape index (κ1) is 26.7. The van der Waals surface area contributed by atoms with Gasteiger partial charge in [0.1, 0.15) is 6.33 Å². The van der Waals surface area contributed by atoms with E-state index in [9.17, 15) is 9.90 Å². The van der Waals surface area contributed by atoms with Crippen molar-refractivity contribution < 1.29 is 9.90 Å². The second-order valence-electron chi connectivity index (χ2n) is 10.3. The van der Waals surface area contributed by atoms with Gasteiger partial charge in [0.2, 0.25) is 0 Å². The third-order valence-corrected chi connectivity index (χ3v) is 8.08. The van der Waals surface area contributed by atoms with Crippen molar-refractivity contribution >= 4 is 17.7 Å². The van der Waals surface area contributed by atoms with Gasteiger partial charge in [-0.3, -0.25) is 4.98 Å². The summed E-state index contributed by atoms with van der Waals surface area (Å²) in [5.41, 5.74) is 7.28. The Morgan fingerprint density at radius 3 is 2.51 bits per heavy atom. The van der Waals surface area contributed by atoms with Crippen LogP contribution in [0.15, 0.2) is 97.5 Å². The summed E-state index contributed by atoms with van der Waals surface area (Å²) in [5, 5.41) is 21.6. The number of hydrogen-bond donors (Lipinski definition) is 1. The molecule has 41 heavy (non-hydrogen) atoms. The summed E-state index contributed by atoms with van der Waals surface area (Å²) < 4.78 is 1.62. The van der Waals surface area contributed by atoms with Gasteiger partial charge in [-0.1, -0.05) is 72.3 Å². The summed E-state index contributed by atoms with van der Waals surface area (Å²) in [5.74, 6) is 0.384. The van der Waals surface area contributed by atoms with E-state index >= 15 is 0 Å². The summed E-state index contributed by atoms with van der Waals surface area (Å²) in [4.78, 5) is 17.9. The van der Waals surface area contributed by atoms with Crippen molar-refractivity contribution in [2.45, 2.75) is 31.1 Å². The van der Waals surface area contributed by atoms with Gasteiger partial charge in [0, 0.05) is 47.0 Å². The highest BCUT2D eigenvalue weighted by Crippen LogP contribution is 2.35. The van der Waals surface area contributed by atoms with E-state index < -0.39 is 6.09 Å². The Hall–Kier alpha value is -4.56. The minimum atomic E-state index is -0.836. The quantitative estimate of drug-likeness (QED) is 0.239. The zero-order valence-corrected chi connectivity index (χ0v) is 23.1. The Kier molecular flexibility index (Phi) is 7.73. The molecule has 1 aliphatic heterocycles. The molecule has 2 aromatic heterocycles. The van der Waals surface area contributed by atoms with Crippen molar-refractivity contribution in [3.63, 3.8) is 0 Å². The Morgan fingerprint density at radius 2 is 1.80 bits per heavy atom. The third-order valence-electron chi connectivity index (χ3n) is 7.84. The highest BCUT2D eigenvalue weighted by atomic mass is 35.5. The molecule has 1 saturated heterocycles. The number of likely N-dealkylation sites (tertiary alicyclic amines) is 1. The molecule has 0 radical (unpaired) electrons. The molecule has 6 rings (SSSR count). The number of pyridine rings is 1. The largest absolute Gasteiger partial charge is 0.465 e. The monoisotopic (exact) mass is 564 g/mol. The van der Waals surface area contributed by atoms with Crippen LogP contribution in [0.25, 0.3) is 16.8 Å². The fraction of sp³-hybridized carbons (Fsp3) is 0.219. The molecule has 206 valence electrons. The van der Waals surface area contributed by atoms with Crippen LogP contribution in [-0.4, -0.2) is 54.4 Å². The number of carbonyl (C=O) groups is 1. The Bertz CT molecular complexity index is 1620. The highest BCUT2D eigenvalue weighted by Gasteiger charge is 2.25. The number of tetrazole rings is 1. The van der Waals surface area contributed by atoms with Crippen LogP contribution in [-0.2, 0) is 6.42 Å². The van der Waals surface area contributed by atoms with Gasteiger partial charge in [-0.25, -0.2) is 4.79 Å². The van der Waals surface area contributed by atoms with Crippen molar-refractivity contribution in [3.05, 3.63) is 125 Å². The van der Waals surface area contributed by atoms with Gasteiger partial charge >= 0.3 is 6.09 Å². The van der Waals surface area contributed by atoms with Gasteiger partial charge in [0.25, 0.3) is 0 Å². The molecule has 1 atom stereocenters. The lowest BCUT2D eigenvalue weighted by Crippen LogP contribution is -2.36. The van der Waals surface area contributed by atoms with Crippen molar-refractivity contribution in [2.75, 3.05) is 13.1 Å². The standard InChI is InChI=1S/C32H29ClN6O2/c33-27-10-12-31(39-21-35-36-37-39)29(19-27)26-9-11-30(34-20-26)28(17-22-5-2-1-3-6-22)25-8-4-7-24(18-25)23-13-15-38(16-14-23)32(40)41/h1-12,18-21,23,28H,13-17H2,(H,40,41). The van der Waals surface area contributed by atoms with Crippen molar-refractivity contribution in [1.29, 1.82) is 0 Å². The molecule has 1 fully saturated rings. The maximum atomic E-state index is 11.4. The number of piperidine rings is 1. The lowest BCUT2D eigenvalue weighted by Gasteiger charge is -2.30. The molecule has 3 heterocycles. The summed E-state index contributed by atoms with van der Waals surface area (Å²) in [7, 11) is 0. The third kappa shape index (κ3) is 5.98. The smallest absolute Gasteiger partial charge is 0.407 e. The first-order chi connectivity index (χ1) is 20.0. The van der Waals surface area contributed by atoms with E-state index in [-0.39, 0.29) is 5.92 Å². The molecule has 5 aromatic rings. The number of rotatable bonds is 7. The predicted molar refractivity (Wildman–Crippen MR) is 157 cm³/mol. The summed E-state index contributed by atoms with van der Waals surface area (Å²) in [6.45, 7) is 1.13. The summed E-state index contributed by atoms with van der Waals surface area (Å²) >= 11 is 6.37. The van der Waals surface area contributed by atoms with E-state index in [0.29, 0.717) is 24.0 Å². The van der Waals surface area contributed by atoms with E-state index in [1.54, 1.807) is 11.0 Å². The maximum Gasteiger partial charge on any atom is 0.407 e. The van der Waals surface area contributed by atoms with E-state index in [1.807, 2.05) is 30.5 Å². The second kappa shape index (κ2) is 11.9. The fourth-order valence-electron chi connectivity index (χ4n) is 5.66. The van der Waals surface area contributed by atoms with E-state index in [0.717, 1.165) is 41.8 Å². The average Bonchev–Trinajstić information content (AvgIpc) is 3.56. The zero-order valence-electron chi connectivity index (χ0n) is 22.3. The van der Waals surface area contributed by atoms with Crippen molar-refractivity contribution in [2.24, 2.45) is 0 Å². The molecule has 0 aliphatic carbocycles. The molecule has 0 saturated carbocycles. The zero-order chi connectivity index (χ0) is 28.2. The topological polar surface area (TPSA) is 97.0 Å². The summed E-state index contributed by atoms with van der Waals surface area (Å²) in [6.07, 6.45) is 5.07. The molecular formula is C32H29ClN6O2. The molecule has 3 aromatic carbocycles. The Balaban J connectivity index is 1.33. The molecule has 1 aliphatic rings. The molecular weight excluding hydrogens is 536 g/mol. The number of hydrogen-bond acceptors (Lipinski definition) is 5. The molecule has 8 nitrogen and oxygen atoms in total. The van der Waals surface area contributed by atoms with E-state index in [1.165, 1.54) is 21.6 Å². The molecule has 0 bridgehead atoms. The van der Waals surface area contributed by atoms with Crippen molar-refractivity contribution in [3.8, 4) is 16.8 Å². The average molecular weight is 565 g/mol. The Labute approximate surface area is 243 Å². The lowest BCUT2D eigenvalue weighted by molar-refractivity contribution is 0.132. The van der Waals surface area contributed by atoms with Gasteiger partial charge in [-0.05, 0) is 76.6 Å². The maximum absolute atomic E-state index is 11.4. The van der Waals surface area contributed by atoms with Crippen LogP contribution in [0.1, 0.15) is 47.1 Å². The number of nitrogens with zero attached hydrogens (tertiary/aromatic N) is 6. The minimum absolute atomic E-state index is 0.0452. The van der Waals surface area contributed by atoms with Gasteiger partial charge in [0.05, 0.1) is 5.69 Å². The van der Waals surface area contributed by atoms with Gasteiger partial charge < -0.3 is 10.0 Å². The van der Waals surface area contributed by atoms with Gasteiger partial charge in [0.15, 0.2) is 0 Å². The molecule has 0 spiro atoms. The van der Waals surface area contributed by atoms with Crippen LogP contribution >= 0.6 is 11.6 Å². The summed E-state index contributed by atoms with van der Waals surface area (Å²) in [6, 6.07) is 29.0. The molecule has 1 N–H and O–H groups in total. The molecule has 9 heteroatoms. The van der Waals surface area contributed by atoms with Crippen LogP contribution in [0.5, 0.6) is 0 Å². The van der Waals surface area contributed by atoms with Crippen LogP contribution < -0.4 is 0 Å². The second-order valence-corrected chi connectivity index (χ2v) is 10.8. The first-order valence-corrected chi connectivity index (χ1v) is 14.0. The first-order valence-electron chi connectivity index (χ1n) is 13.7. The SMILES string of the molecule is O=C(O)N1CCC(c2cccc(C(Cc3ccccc3)c3ccc(-c4cc(Cl)ccc4-n4cnnn4)cn3)c2)CC1. The Morgan fingerprint density at radius 1 is 0.976 bits per heavy atom. The number of halogens is 1. The van der Waals surface area contributed by atoms with Gasteiger partial charge in [-0.2, -0.15) is 4.68 Å². The minimum Gasteiger partial charge on any atom is -0.465 e. The lowest BCUT2D eigenvalue weighted by atomic mass is 9.84. The fourth-order valence-corrected chi connectivity index (χ4v) is 5.83. The number of aromatic nitrogens is 5. The normalized spacial score (nSPS) is 14.6. The predicted octanol–water partition coefficient (Wildman–Crippen LogP) is 6.61. The molecule has 1 unspecified atom stereocenters. The van der Waals surface area contributed by atoms with E-state index in [4.69, 9.17) is 16.6 Å². The van der Waals surface area contributed by atoms with Crippen LogP contribution in [0, 0.1) is 0 Å². The van der Waals surface area contributed by atoms with Crippen molar-refractivity contribution in [1.82, 2.24) is 30.1 Å². The number of amides is 1. The number of benzene rings is 3. The molecule has 1 amide bonds. The van der Waals surface area contributed by atoms with Gasteiger partial charge in [-0.15, -0.1) is 5.10 Å². The highest BCUT2D eigenvalue weighted by molar-refractivity contribution is 6.31. The number of carboxylic acid groups (broad SMARTS) is 1. The van der Waals surface area contributed by atoms with Crippen LogP contribution in [0.3, 0.4) is 0 Å².